The highest BCUT2D eigenvalue weighted by Gasteiger charge is 2.65. The van der Waals surface area contributed by atoms with Crippen LogP contribution in [0.5, 0.6) is 5.75 Å². The molecule has 3 aromatic rings. The Bertz CT molecular complexity index is 1270. The van der Waals surface area contributed by atoms with E-state index in [-0.39, 0.29) is 12.1 Å². The largest absolute Gasteiger partial charge is 0.493 e. The zero-order valence-corrected chi connectivity index (χ0v) is 19.1. The molecule has 1 aliphatic heterocycles. The van der Waals surface area contributed by atoms with Gasteiger partial charge in [0.25, 0.3) is 0 Å². The summed E-state index contributed by atoms with van der Waals surface area (Å²) in [5, 5.41) is 3.45. The van der Waals surface area contributed by atoms with E-state index in [0.717, 1.165) is 37.1 Å². The molecule has 4 rings (SSSR count). The minimum Gasteiger partial charge on any atom is -0.493 e. The third-order valence-corrected chi connectivity index (χ3v) is 6.70. The zero-order valence-electron chi connectivity index (χ0n) is 19.1. The maximum absolute atomic E-state index is 14.4. The molecule has 1 aliphatic rings. The van der Waals surface area contributed by atoms with Crippen LogP contribution in [-0.2, 0) is 16.1 Å². The van der Waals surface area contributed by atoms with Crippen molar-refractivity contribution in [2.45, 2.75) is 44.2 Å². The zero-order chi connectivity index (χ0) is 25.5. The summed E-state index contributed by atoms with van der Waals surface area (Å²) in [7, 11) is 1.08. The van der Waals surface area contributed by atoms with Crippen molar-refractivity contribution in [3.05, 3.63) is 71.4 Å². The number of fused-ring (bicyclic) bond motifs is 1. The van der Waals surface area contributed by atoms with Crippen LogP contribution in [0.25, 0.3) is 10.9 Å². The molecule has 35 heavy (non-hydrogen) atoms. The fourth-order valence-electron chi connectivity index (χ4n) is 4.56. The van der Waals surface area contributed by atoms with E-state index in [1.165, 1.54) is 6.92 Å². The van der Waals surface area contributed by atoms with Gasteiger partial charge in [-0.05, 0) is 36.8 Å². The highest BCUT2D eigenvalue weighted by molar-refractivity contribution is 5.83. The second-order valence-corrected chi connectivity index (χ2v) is 8.69. The maximum Gasteiger partial charge on any atom is 0.417 e. The molecule has 0 bridgehead atoms. The number of alkyl halides is 3. The lowest BCUT2D eigenvalue weighted by Crippen LogP contribution is -2.47. The average Bonchev–Trinajstić information content (AvgIpc) is 3.10. The molecule has 1 amide bonds. The van der Waals surface area contributed by atoms with Crippen LogP contribution in [0.3, 0.4) is 0 Å². The van der Waals surface area contributed by atoms with Gasteiger partial charge in [0, 0.05) is 35.5 Å². The van der Waals surface area contributed by atoms with Gasteiger partial charge in [0.2, 0.25) is 11.7 Å². The van der Waals surface area contributed by atoms with Gasteiger partial charge in [-0.15, -0.1) is 0 Å². The molecule has 0 saturated carbocycles. The van der Waals surface area contributed by atoms with Crippen molar-refractivity contribution >= 4 is 16.8 Å². The van der Waals surface area contributed by atoms with E-state index in [4.69, 9.17) is 9.47 Å². The van der Waals surface area contributed by atoms with Crippen LogP contribution in [0.1, 0.15) is 30.9 Å². The number of pyridine rings is 1. The van der Waals surface area contributed by atoms with E-state index >= 15 is 0 Å². The highest BCUT2D eigenvalue weighted by atomic mass is 19.4. The van der Waals surface area contributed by atoms with E-state index in [1.54, 1.807) is 30.5 Å². The standard InChI is InChI=1S/C25H23F5N2O3/c1-13-19(16-7-8-17(26)20(27)21(16)34-3)22(35-24(13,2)25(28,29)30)23(33)32-12-14-6-9-18-15(11-14)5-4-10-31-18/h4-11,13,19,22H,12H2,1-3H3,(H,32,33)/t13-,19-,22+,24+/m0/s1. The van der Waals surface area contributed by atoms with Crippen molar-refractivity contribution < 1.29 is 36.2 Å². The molecular formula is C25H23F5N2O3. The number of hydrogen-bond donors (Lipinski definition) is 1. The van der Waals surface area contributed by atoms with Crippen LogP contribution in [0.4, 0.5) is 22.0 Å². The summed E-state index contributed by atoms with van der Waals surface area (Å²) >= 11 is 0. The quantitative estimate of drug-likeness (QED) is 0.491. The molecule has 0 radical (unpaired) electrons. The van der Waals surface area contributed by atoms with Crippen molar-refractivity contribution in [3.8, 4) is 5.75 Å². The first kappa shape index (κ1) is 24.8. The topological polar surface area (TPSA) is 60.5 Å². The van der Waals surface area contributed by atoms with E-state index in [1.807, 2.05) is 6.07 Å². The summed E-state index contributed by atoms with van der Waals surface area (Å²) in [4.78, 5) is 17.4. The SMILES string of the molecule is COc1c([C@H]2[C@H](C(=O)NCc3ccc4ncccc4c3)O[C@@](C)(C(F)(F)F)[C@H]2C)ccc(F)c1F. The molecule has 1 aromatic heterocycles. The smallest absolute Gasteiger partial charge is 0.417 e. The highest BCUT2D eigenvalue weighted by Crippen LogP contribution is 2.54. The summed E-state index contributed by atoms with van der Waals surface area (Å²) in [6, 6.07) is 10.8. The van der Waals surface area contributed by atoms with Gasteiger partial charge in [-0.25, -0.2) is 4.39 Å². The lowest BCUT2D eigenvalue weighted by molar-refractivity contribution is -0.272. The number of amides is 1. The van der Waals surface area contributed by atoms with Gasteiger partial charge in [-0.1, -0.05) is 25.1 Å². The number of aromatic nitrogens is 1. The first-order valence-electron chi connectivity index (χ1n) is 10.9. The fraction of sp³-hybridized carbons (Fsp3) is 0.360. The molecule has 2 heterocycles. The number of nitrogens with zero attached hydrogens (tertiary/aromatic N) is 1. The molecule has 0 spiro atoms. The van der Waals surface area contributed by atoms with Crippen LogP contribution in [-0.4, -0.2) is 35.9 Å². The van der Waals surface area contributed by atoms with E-state index in [9.17, 15) is 26.7 Å². The van der Waals surface area contributed by atoms with E-state index in [2.05, 4.69) is 10.3 Å². The van der Waals surface area contributed by atoms with Gasteiger partial charge in [0.05, 0.1) is 12.6 Å². The Balaban J connectivity index is 1.67. The molecule has 2 aromatic carbocycles. The molecular weight excluding hydrogens is 471 g/mol. The van der Waals surface area contributed by atoms with Crippen molar-refractivity contribution in [3.63, 3.8) is 0 Å². The predicted octanol–water partition coefficient (Wildman–Crippen LogP) is 5.28. The average molecular weight is 494 g/mol. The third kappa shape index (κ3) is 4.31. The number of hydrogen-bond acceptors (Lipinski definition) is 4. The Kier molecular flexibility index (Phi) is 6.44. The Labute approximate surface area is 198 Å². The van der Waals surface area contributed by atoms with Crippen molar-refractivity contribution in [2.24, 2.45) is 5.92 Å². The van der Waals surface area contributed by atoms with Gasteiger partial charge in [0.1, 0.15) is 6.10 Å². The molecule has 186 valence electrons. The van der Waals surface area contributed by atoms with Crippen LogP contribution in [0, 0.1) is 17.6 Å². The maximum atomic E-state index is 14.4. The van der Waals surface area contributed by atoms with Gasteiger partial charge in [-0.3, -0.25) is 9.78 Å². The number of rotatable bonds is 5. The number of ether oxygens (including phenoxy) is 2. The normalized spacial score (nSPS) is 24.5. The van der Waals surface area contributed by atoms with Crippen LogP contribution in [0.15, 0.2) is 48.7 Å². The van der Waals surface area contributed by atoms with Crippen LogP contribution in [0.2, 0.25) is 0 Å². The number of methoxy groups -OCH3 is 1. The number of benzene rings is 2. The van der Waals surface area contributed by atoms with Crippen LogP contribution >= 0.6 is 0 Å². The summed E-state index contributed by atoms with van der Waals surface area (Å²) in [5.41, 5.74) is -1.33. The van der Waals surface area contributed by atoms with Crippen molar-refractivity contribution in [2.75, 3.05) is 7.11 Å². The van der Waals surface area contributed by atoms with E-state index < -0.39 is 53.0 Å². The predicted molar refractivity (Wildman–Crippen MR) is 118 cm³/mol. The van der Waals surface area contributed by atoms with Gasteiger partial charge >= 0.3 is 6.18 Å². The molecule has 1 saturated heterocycles. The first-order chi connectivity index (χ1) is 16.5. The number of carbonyl (C=O) groups is 1. The van der Waals surface area contributed by atoms with Crippen molar-refractivity contribution in [1.29, 1.82) is 0 Å². The third-order valence-electron chi connectivity index (χ3n) is 6.70. The van der Waals surface area contributed by atoms with Crippen LogP contribution < -0.4 is 10.1 Å². The minimum atomic E-state index is -4.82. The summed E-state index contributed by atoms with van der Waals surface area (Å²) in [5.74, 6) is -6.51. The fourth-order valence-corrected chi connectivity index (χ4v) is 4.56. The monoisotopic (exact) mass is 494 g/mol. The molecule has 1 fully saturated rings. The Morgan fingerprint density at radius 2 is 1.94 bits per heavy atom. The van der Waals surface area contributed by atoms with E-state index in [0.29, 0.717) is 5.56 Å². The second kappa shape index (κ2) is 9.07. The molecule has 1 N–H and O–H groups in total. The minimum absolute atomic E-state index is 0.0161. The van der Waals surface area contributed by atoms with Gasteiger partial charge < -0.3 is 14.8 Å². The second-order valence-electron chi connectivity index (χ2n) is 8.69. The Morgan fingerprint density at radius 1 is 1.20 bits per heavy atom. The number of nitrogens with one attached hydrogen (secondary N) is 1. The lowest BCUT2D eigenvalue weighted by Gasteiger charge is -2.32. The Hall–Kier alpha value is -3.27. The number of halogens is 5. The summed E-state index contributed by atoms with van der Waals surface area (Å²) in [6.07, 6.45) is -4.80. The van der Waals surface area contributed by atoms with Gasteiger partial charge in [0.15, 0.2) is 17.2 Å². The number of carbonyl (C=O) groups excluding carboxylic acids is 1. The molecule has 5 nitrogen and oxygen atoms in total. The van der Waals surface area contributed by atoms with Crippen molar-refractivity contribution in [1.82, 2.24) is 10.3 Å². The first-order valence-corrected chi connectivity index (χ1v) is 10.9. The summed E-state index contributed by atoms with van der Waals surface area (Å²) < 4.78 is 80.6. The molecule has 0 unspecified atom stereocenters. The molecule has 4 atom stereocenters. The Morgan fingerprint density at radius 3 is 2.63 bits per heavy atom. The molecule has 0 aliphatic carbocycles. The summed E-state index contributed by atoms with van der Waals surface area (Å²) in [6.45, 7) is 2.13. The van der Waals surface area contributed by atoms with Gasteiger partial charge in [-0.2, -0.15) is 17.6 Å². The molecule has 10 heteroatoms. The lowest BCUT2D eigenvalue weighted by atomic mass is 9.77.